The molecule has 0 aliphatic heterocycles. The predicted octanol–water partition coefficient (Wildman–Crippen LogP) is 1.34. The molecule has 0 spiro atoms. The van der Waals surface area contributed by atoms with Crippen LogP contribution in [0.15, 0.2) is 12.4 Å². The molecule has 1 atom stereocenters. The number of hydrogen-bond acceptors (Lipinski definition) is 4. The summed E-state index contributed by atoms with van der Waals surface area (Å²) in [4.78, 5) is 29.8. The number of carboxylic acid groups (broad SMARTS) is 1. The van der Waals surface area contributed by atoms with Gasteiger partial charge in [0.05, 0.1) is 12.4 Å². The zero-order valence-electron chi connectivity index (χ0n) is 10.7. The van der Waals surface area contributed by atoms with Crippen LogP contribution in [0.5, 0.6) is 0 Å². The summed E-state index contributed by atoms with van der Waals surface area (Å²) in [6, 6.07) is 0.0402. The Morgan fingerprint density at radius 3 is 2.22 bits per heavy atom. The highest BCUT2D eigenvalue weighted by Crippen LogP contribution is 2.04. The Kier molecular flexibility index (Phi) is 4.76. The first-order valence-corrected chi connectivity index (χ1v) is 5.76. The smallest absolute Gasteiger partial charge is 0.356 e. The van der Waals surface area contributed by atoms with E-state index in [-0.39, 0.29) is 23.3 Å². The van der Waals surface area contributed by atoms with E-state index in [0.29, 0.717) is 5.92 Å². The van der Waals surface area contributed by atoms with Crippen LogP contribution < -0.4 is 5.32 Å². The number of rotatable bonds is 5. The van der Waals surface area contributed by atoms with Crippen LogP contribution in [0, 0.1) is 5.92 Å². The molecule has 0 aliphatic carbocycles. The molecule has 1 aromatic heterocycles. The third-order valence-electron chi connectivity index (χ3n) is 2.31. The van der Waals surface area contributed by atoms with Gasteiger partial charge in [0.1, 0.15) is 5.69 Å². The molecule has 6 nitrogen and oxygen atoms in total. The molecule has 0 fully saturated rings. The van der Waals surface area contributed by atoms with Gasteiger partial charge in [-0.05, 0) is 19.3 Å². The number of nitrogens with zero attached hydrogens (tertiary/aromatic N) is 2. The molecule has 0 aliphatic rings. The van der Waals surface area contributed by atoms with Crippen molar-refractivity contribution in [3.8, 4) is 0 Å². The van der Waals surface area contributed by atoms with E-state index < -0.39 is 5.97 Å². The quantitative estimate of drug-likeness (QED) is 0.823. The summed E-state index contributed by atoms with van der Waals surface area (Å²) in [5.41, 5.74) is -0.0580. The SMILES string of the molecule is CC(C)CC(C)NC(=O)c1cnc(C(=O)O)cn1. The summed E-state index contributed by atoms with van der Waals surface area (Å²) in [5, 5.41) is 11.4. The average Bonchev–Trinajstić information content (AvgIpc) is 2.27. The Balaban J connectivity index is 2.64. The summed E-state index contributed by atoms with van der Waals surface area (Å²) in [7, 11) is 0. The van der Waals surface area contributed by atoms with Gasteiger partial charge in [0, 0.05) is 6.04 Å². The van der Waals surface area contributed by atoms with Gasteiger partial charge in [0.25, 0.3) is 5.91 Å². The van der Waals surface area contributed by atoms with Gasteiger partial charge in [-0.3, -0.25) is 4.79 Å². The molecule has 0 saturated heterocycles. The molecule has 0 aromatic carbocycles. The number of carbonyl (C=O) groups is 2. The molecular formula is C12H17N3O3. The Morgan fingerprint density at radius 2 is 1.78 bits per heavy atom. The van der Waals surface area contributed by atoms with E-state index in [0.717, 1.165) is 12.6 Å². The van der Waals surface area contributed by atoms with Crippen LogP contribution in [0.25, 0.3) is 0 Å². The second-order valence-electron chi connectivity index (χ2n) is 4.60. The van der Waals surface area contributed by atoms with Crippen LogP contribution in [0.4, 0.5) is 0 Å². The fourth-order valence-electron chi connectivity index (χ4n) is 1.62. The first kappa shape index (κ1) is 14.1. The van der Waals surface area contributed by atoms with Crippen molar-refractivity contribution in [2.45, 2.75) is 33.2 Å². The molecular weight excluding hydrogens is 234 g/mol. The highest BCUT2D eigenvalue weighted by Gasteiger charge is 2.13. The minimum atomic E-state index is -1.16. The summed E-state index contributed by atoms with van der Waals surface area (Å²) in [6.45, 7) is 6.06. The average molecular weight is 251 g/mol. The monoisotopic (exact) mass is 251 g/mol. The molecule has 1 amide bonds. The number of hydrogen-bond donors (Lipinski definition) is 2. The fourth-order valence-corrected chi connectivity index (χ4v) is 1.62. The molecule has 1 aromatic rings. The molecule has 18 heavy (non-hydrogen) atoms. The topological polar surface area (TPSA) is 92.2 Å². The van der Waals surface area contributed by atoms with Gasteiger partial charge in [-0.15, -0.1) is 0 Å². The van der Waals surface area contributed by atoms with Crippen molar-refractivity contribution in [3.05, 3.63) is 23.8 Å². The maximum absolute atomic E-state index is 11.8. The Bertz CT molecular complexity index is 429. The summed E-state index contributed by atoms with van der Waals surface area (Å²) in [5.74, 6) is -1.02. The van der Waals surface area contributed by atoms with Crippen LogP contribution in [0.3, 0.4) is 0 Å². The Labute approximate surface area is 105 Å². The molecule has 98 valence electrons. The minimum Gasteiger partial charge on any atom is -0.476 e. The lowest BCUT2D eigenvalue weighted by atomic mass is 10.1. The lowest BCUT2D eigenvalue weighted by molar-refractivity contribution is 0.0688. The molecule has 0 radical (unpaired) electrons. The first-order valence-electron chi connectivity index (χ1n) is 5.76. The van der Waals surface area contributed by atoms with Gasteiger partial charge in [0.15, 0.2) is 5.69 Å². The number of aromatic nitrogens is 2. The molecule has 0 saturated carbocycles. The number of aromatic carboxylic acids is 1. The molecule has 6 heteroatoms. The van der Waals surface area contributed by atoms with Gasteiger partial charge in [-0.25, -0.2) is 14.8 Å². The highest BCUT2D eigenvalue weighted by molar-refractivity contribution is 5.92. The standard InChI is InChI=1S/C12H17N3O3/c1-7(2)4-8(3)15-11(16)9-5-14-10(6-13-9)12(17)18/h5-8H,4H2,1-3H3,(H,15,16)(H,17,18). The number of amides is 1. The van der Waals surface area contributed by atoms with Gasteiger partial charge in [0.2, 0.25) is 0 Å². The van der Waals surface area contributed by atoms with Crippen molar-refractivity contribution in [1.82, 2.24) is 15.3 Å². The number of nitrogens with one attached hydrogen (secondary N) is 1. The van der Waals surface area contributed by atoms with Gasteiger partial charge >= 0.3 is 5.97 Å². The second kappa shape index (κ2) is 6.09. The third kappa shape index (κ3) is 4.12. The van der Waals surface area contributed by atoms with E-state index in [9.17, 15) is 9.59 Å². The van der Waals surface area contributed by atoms with Crippen LogP contribution in [0.2, 0.25) is 0 Å². The van der Waals surface area contributed by atoms with E-state index in [1.165, 1.54) is 6.20 Å². The Hall–Kier alpha value is -1.98. The highest BCUT2D eigenvalue weighted by atomic mass is 16.4. The van der Waals surface area contributed by atoms with Crippen molar-refractivity contribution in [2.75, 3.05) is 0 Å². The largest absolute Gasteiger partial charge is 0.476 e. The lowest BCUT2D eigenvalue weighted by Gasteiger charge is -2.15. The Morgan fingerprint density at radius 1 is 1.22 bits per heavy atom. The van der Waals surface area contributed by atoms with Gasteiger partial charge in [-0.1, -0.05) is 13.8 Å². The maximum atomic E-state index is 11.8. The molecule has 1 unspecified atom stereocenters. The van der Waals surface area contributed by atoms with E-state index >= 15 is 0 Å². The van der Waals surface area contributed by atoms with E-state index in [2.05, 4.69) is 29.1 Å². The normalized spacial score (nSPS) is 12.2. The predicted molar refractivity (Wildman–Crippen MR) is 65.4 cm³/mol. The van der Waals surface area contributed by atoms with E-state index in [1.807, 2.05) is 6.92 Å². The lowest BCUT2D eigenvalue weighted by Crippen LogP contribution is -2.34. The molecule has 0 bridgehead atoms. The maximum Gasteiger partial charge on any atom is 0.356 e. The third-order valence-corrected chi connectivity index (χ3v) is 2.31. The zero-order valence-corrected chi connectivity index (χ0v) is 10.7. The van der Waals surface area contributed by atoms with E-state index in [4.69, 9.17) is 5.11 Å². The van der Waals surface area contributed by atoms with Crippen molar-refractivity contribution in [1.29, 1.82) is 0 Å². The van der Waals surface area contributed by atoms with Crippen LogP contribution >= 0.6 is 0 Å². The van der Waals surface area contributed by atoms with Crippen molar-refractivity contribution < 1.29 is 14.7 Å². The molecule has 1 heterocycles. The number of carboxylic acids is 1. The summed E-state index contributed by atoms with van der Waals surface area (Å²) in [6.07, 6.45) is 3.11. The molecule has 1 rings (SSSR count). The second-order valence-corrected chi connectivity index (χ2v) is 4.60. The van der Waals surface area contributed by atoms with Crippen molar-refractivity contribution in [2.24, 2.45) is 5.92 Å². The minimum absolute atomic E-state index is 0.0402. The van der Waals surface area contributed by atoms with Crippen LogP contribution in [-0.2, 0) is 0 Å². The van der Waals surface area contributed by atoms with Crippen LogP contribution in [-0.4, -0.2) is 33.0 Å². The molecule has 2 N–H and O–H groups in total. The van der Waals surface area contributed by atoms with Crippen LogP contribution in [0.1, 0.15) is 48.2 Å². The first-order chi connectivity index (χ1) is 8.40. The van der Waals surface area contributed by atoms with E-state index in [1.54, 1.807) is 0 Å². The summed E-state index contributed by atoms with van der Waals surface area (Å²) >= 11 is 0. The fraction of sp³-hybridized carbons (Fsp3) is 0.500. The summed E-state index contributed by atoms with van der Waals surface area (Å²) < 4.78 is 0. The zero-order chi connectivity index (χ0) is 13.7. The van der Waals surface area contributed by atoms with Gasteiger partial charge in [-0.2, -0.15) is 0 Å². The number of carbonyl (C=O) groups excluding carboxylic acids is 1. The van der Waals surface area contributed by atoms with Gasteiger partial charge < -0.3 is 10.4 Å². The van der Waals surface area contributed by atoms with Crippen molar-refractivity contribution >= 4 is 11.9 Å². The van der Waals surface area contributed by atoms with Crippen molar-refractivity contribution in [3.63, 3.8) is 0 Å².